The highest BCUT2D eigenvalue weighted by atomic mass is 19.1. The molecule has 27 heavy (non-hydrogen) atoms. The molecule has 0 spiro atoms. The number of phenols is 1. The van der Waals surface area contributed by atoms with Crippen molar-refractivity contribution in [2.75, 3.05) is 7.11 Å². The molecule has 2 rings (SSSR count). The highest BCUT2D eigenvalue weighted by Crippen LogP contribution is 2.43. The molecular formula is C22H27FO4. The van der Waals surface area contributed by atoms with Crippen LogP contribution in [-0.2, 0) is 10.8 Å². The van der Waals surface area contributed by atoms with Gasteiger partial charge >= 0.3 is 5.97 Å². The molecular weight excluding hydrogens is 347 g/mol. The Morgan fingerprint density at radius 3 is 1.96 bits per heavy atom. The molecule has 0 radical (unpaired) electrons. The summed E-state index contributed by atoms with van der Waals surface area (Å²) in [5, 5.41) is 9.89. The number of phenolic OH excluding ortho intramolecular Hbond substituents is 1. The van der Waals surface area contributed by atoms with Crippen LogP contribution in [0.3, 0.4) is 0 Å². The molecule has 0 atom stereocenters. The summed E-state index contributed by atoms with van der Waals surface area (Å²) in [6.45, 7) is 12.0. The zero-order chi connectivity index (χ0) is 20.6. The summed E-state index contributed by atoms with van der Waals surface area (Å²) >= 11 is 0. The van der Waals surface area contributed by atoms with Gasteiger partial charge in [-0.15, -0.1) is 0 Å². The van der Waals surface area contributed by atoms with Gasteiger partial charge in [0.15, 0.2) is 11.6 Å². The first-order valence-corrected chi connectivity index (χ1v) is 8.79. The quantitative estimate of drug-likeness (QED) is 0.581. The van der Waals surface area contributed by atoms with Crippen LogP contribution in [0.25, 0.3) is 0 Å². The number of hydrogen-bond acceptors (Lipinski definition) is 4. The van der Waals surface area contributed by atoms with Crippen molar-refractivity contribution in [3.05, 3.63) is 52.8 Å². The standard InChI is InChI=1S/C22H27FO4/c1-21(2,3)15-11-13(26-7)12-16(22(4,5)6)19(15)27-20(25)14-9-8-10-17(23)18(14)24/h8-12,24H,1-7H3. The molecule has 0 aliphatic carbocycles. The average Bonchev–Trinajstić information content (AvgIpc) is 2.55. The normalized spacial score (nSPS) is 12.0. The zero-order valence-electron chi connectivity index (χ0n) is 16.9. The molecule has 0 aliphatic heterocycles. The van der Waals surface area contributed by atoms with Gasteiger partial charge in [0, 0.05) is 11.1 Å². The minimum atomic E-state index is -0.869. The topological polar surface area (TPSA) is 55.8 Å². The lowest BCUT2D eigenvalue weighted by molar-refractivity contribution is 0.0724. The SMILES string of the molecule is COc1cc(C(C)(C)C)c(OC(=O)c2cccc(F)c2O)c(C(C)(C)C)c1. The highest BCUT2D eigenvalue weighted by molar-refractivity contribution is 5.94. The molecule has 0 saturated carbocycles. The second kappa shape index (κ2) is 7.22. The lowest BCUT2D eigenvalue weighted by atomic mass is 9.79. The van der Waals surface area contributed by atoms with Crippen molar-refractivity contribution in [1.29, 1.82) is 0 Å². The maximum Gasteiger partial charge on any atom is 0.347 e. The van der Waals surface area contributed by atoms with E-state index in [9.17, 15) is 14.3 Å². The van der Waals surface area contributed by atoms with E-state index in [0.717, 1.165) is 17.2 Å². The first-order valence-electron chi connectivity index (χ1n) is 8.79. The molecule has 0 aliphatic rings. The van der Waals surface area contributed by atoms with Crippen LogP contribution >= 0.6 is 0 Å². The van der Waals surface area contributed by atoms with Crippen LogP contribution in [0.2, 0.25) is 0 Å². The smallest absolute Gasteiger partial charge is 0.347 e. The second-order valence-electron chi connectivity index (χ2n) is 8.58. The van der Waals surface area contributed by atoms with E-state index in [1.807, 2.05) is 53.7 Å². The van der Waals surface area contributed by atoms with E-state index in [1.165, 1.54) is 12.1 Å². The predicted octanol–water partition coefficient (Wildman–Crippen LogP) is 5.35. The van der Waals surface area contributed by atoms with Crippen LogP contribution in [0.15, 0.2) is 30.3 Å². The summed E-state index contributed by atoms with van der Waals surface area (Å²) in [5.74, 6) is -1.33. The third kappa shape index (κ3) is 4.41. The van der Waals surface area contributed by atoms with Crippen molar-refractivity contribution >= 4 is 5.97 Å². The molecule has 0 heterocycles. The fraction of sp³-hybridized carbons (Fsp3) is 0.409. The number of rotatable bonds is 3. The Hall–Kier alpha value is -2.56. The van der Waals surface area contributed by atoms with Gasteiger partial charge in [0.2, 0.25) is 0 Å². The summed E-state index contributed by atoms with van der Waals surface area (Å²) in [6.07, 6.45) is 0. The van der Waals surface area contributed by atoms with Crippen molar-refractivity contribution in [3.63, 3.8) is 0 Å². The number of halogens is 1. The Bertz CT molecular complexity index is 823. The lowest BCUT2D eigenvalue weighted by Crippen LogP contribution is -2.22. The first kappa shape index (κ1) is 20.7. The third-order valence-corrected chi connectivity index (χ3v) is 4.32. The summed E-state index contributed by atoms with van der Waals surface area (Å²) in [4.78, 5) is 12.7. The molecule has 0 saturated heterocycles. The monoisotopic (exact) mass is 374 g/mol. The summed E-state index contributed by atoms with van der Waals surface area (Å²) in [7, 11) is 1.59. The zero-order valence-corrected chi connectivity index (χ0v) is 16.9. The number of ether oxygens (including phenoxy) is 2. The van der Waals surface area contributed by atoms with Gasteiger partial charge in [-0.25, -0.2) is 9.18 Å². The fourth-order valence-corrected chi connectivity index (χ4v) is 2.77. The molecule has 0 unspecified atom stereocenters. The van der Waals surface area contributed by atoms with Crippen LogP contribution in [0.1, 0.15) is 63.0 Å². The summed E-state index contributed by atoms with van der Waals surface area (Å²) < 4.78 is 24.8. The van der Waals surface area contributed by atoms with E-state index < -0.39 is 17.5 Å². The van der Waals surface area contributed by atoms with E-state index in [-0.39, 0.29) is 16.4 Å². The molecule has 4 nitrogen and oxygen atoms in total. The van der Waals surface area contributed by atoms with Gasteiger partial charge in [-0.3, -0.25) is 0 Å². The van der Waals surface area contributed by atoms with Crippen molar-refractivity contribution < 1.29 is 23.8 Å². The van der Waals surface area contributed by atoms with Gasteiger partial charge in [-0.05, 0) is 35.1 Å². The molecule has 146 valence electrons. The van der Waals surface area contributed by atoms with Gasteiger partial charge in [-0.1, -0.05) is 47.6 Å². The number of hydrogen-bond donors (Lipinski definition) is 1. The summed E-state index contributed by atoms with van der Waals surface area (Å²) in [5.41, 5.74) is 0.681. The Balaban J connectivity index is 2.66. The Labute approximate surface area is 159 Å². The number of methoxy groups -OCH3 is 1. The van der Waals surface area contributed by atoms with Gasteiger partial charge in [-0.2, -0.15) is 0 Å². The Morgan fingerprint density at radius 1 is 1.00 bits per heavy atom. The number of carbonyl (C=O) groups excluding carboxylic acids is 1. The molecule has 5 heteroatoms. The minimum Gasteiger partial charge on any atom is -0.504 e. The number of carbonyl (C=O) groups is 1. The predicted molar refractivity (Wildman–Crippen MR) is 103 cm³/mol. The van der Waals surface area contributed by atoms with E-state index in [1.54, 1.807) is 7.11 Å². The highest BCUT2D eigenvalue weighted by Gasteiger charge is 2.30. The Morgan fingerprint density at radius 2 is 1.52 bits per heavy atom. The molecule has 1 N–H and O–H groups in total. The van der Waals surface area contributed by atoms with E-state index >= 15 is 0 Å². The van der Waals surface area contributed by atoms with Crippen molar-refractivity contribution in [1.82, 2.24) is 0 Å². The van der Waals surface area contributed by atoms with Crippen LogP contribution in [0.4, 0.5) is 4.39 Å². The molecule has 2 aromatic rings. The van der Waals surface area contributed by atoms with Crippen LogP contribution in [-0.4, -0.2) is 18.2 Å². The van der Waals surface area contributed by atoms with Crippen molar-refractivity contribution in [3.8, 4) is 17.2 Å². The van der Waals surface area contributed by atoms with Crippen LogP contribution in [0.5, 0.6) is 17.2 Å². The molecule has 0 bridgehead atoms. The van der Waals surface area contributed by atoms with Gasteiger partial charge in [0.05, 0.1) is 7.11 Å². The second-order valence-corrected chi connectivity index (χ2v) is 8.58. The number of benzene rings is 2. The van der Waals surface area contributed by atoms with Crippen LogP contribution in [0, 0.1) is 5.82 Å². The number of esters is 1. The maximum atomic E-state index is 13.6. The van der Waals surface area contributed by atoms with Gasteiger partial charge in [0.25, 0.3) is 0 Å². The number of aromatic hydroxyl groups is 1. The first-order chi connectivity index (χ1) is 12.4. The Kier molecular flexibility index (Phi) is 5.55. The van der Waals surface area contributed by atoms with Crippen molar-refractivity contribution in [2.24, 2.45) is 0 Å². The molecule has 2 aromatic carbocycles. The van der Waals surface area contributed by atoms with Crippen LogP contribution < -0.4 is 9.47 Å². The largest absolute Gasteiger partial charge is 0.504 e. The molecule has 0 amide bonds. The lowest BCUT2D eigenvalue weighted by Gasteiger charge is -2.29. The number of para-hydroxylation sites is 1. The molecule has 0 fully saturated rings. The van der Waals surface area contributed by atoms with Gasteiger partial charge < -0.3 is 14.6 Å². The molecule has 0 aromatic heterocycles. The maximum absolute atomic E-state index is 13.6. The summed E-state index contributed by atoms with van der Waals surface area (Å²) in [6, 6.07) is 7.44. The van der Waals surface area contributed by atoms with Gasteiger partial charge in [0.1, 0.15) is 17.1 Å². The van der Waals surface area contributed by atoms with E-state index in [4.69, 9.17) is 9.47 Å². The third-order valence-electron chi connectivity index (χ3n) is 4.32. The average molecular weight is 374 g/mol. The van der Waals surface area contributed by atoms with E-state index in [2.05, 4.69) is 0 Å². The minimum absolute atomic E-state index is 0.217. The van der Waals surface area contributed by atoms with Crippen molar-refractivity contribution in [2.45, 2.75) is 52.4 Å². The van der Waals surface area contributed by atoms with E-state index in [0.29, 0.717) is 11.5 Å². The fourth-order valence-electron chi connectivity index (χ4n) is 2.77.